The molecular weight excluding hydrogens is 300 g/mol. The normalized spacial score (nSPS) is 38.3. The van der Waals surface area contributed by atoms with Gasteiger partial charge in [0.15, 0.2) is 0 Å². The molecule has 6 atom stereocenters. The molecule has 2 amide bonds. The van der Waals surface area contributed by atoms with E-state index in [1.807, 2.05) is 19.1 Å². The number of carbonyl (C=O) groups excluding carboxylic acids is 2. The van der Waals surface area contributed by atoms with Gasteiger partial charge >= 0.3 is 0 Å². The molecule has 1 N–H and O–H groups in total. The summed E-state index contributed by atoms with van der Waals surface area (Å²) >= 11 is 0. The van der Waals surface area contributed by atoms with Crippen LogP contribution in [0.4, 0.5) is 5.69 Å². The second kappa shape index (κ2) is 4.71. The van der Waals surface area contributed by atoms with Crippen molar-refractivity contribution in [3.63, 3.8) is 0 Å². The van der Waals surface area contributed by atoms with Crippen molar-refractivity contribution in [2.45, 2.75) is 20.3 Å². The highest BCUT2D eigenvalue weighted by atomic mass is 16.2. The highest BCUT2D eigenvalue weighted by Gasteiger charge is 2.66. The Bertz CT molecular complexity index is 748. The third-order valence-electron chi connectivity index (χ3n) is 6.56. The number of nitrogens with zero attached hydrogens (tertiary/aromatic N) is 1. The zero-order chi connectivity index (χ0) is 16.6. The minimum Gasteiger partial charge on any atom is -0.367 e. The Kier molecular flexibility index (Phi) is 2.80. The van der Waals surface area contributed by atoms with Crippen molar-refractivity contribution in [2.75, 3.05) is 12.0 Å². The van der Waals surface area contributed by atoms with Crippen LogP contribution in [0.15, 0.2) is 30.4 Å². The van der Waals surface area contributed by atoms with Crippen molar-refractivity contribution in [1.82, 2.24) is 4.90 Å². The standard InChI is InChI=1S/C20H22N2O2/c1-10-3-6-16(11(2)7-10)21-9-22-19(23)17-12-4-5-13(15-8-14(12)15)18(17)20(22)24/h3-7,12-15,17-18,21H,8-9H2,1-2H3/t12-,13-,14+,15+,17-,18-/m1/s1. The number of carbonyl (C=O) groups is 2. The molecule has 5 aliphatic rings. The fourth-order valence-electron chi connectivity index (χ4n) is 5.35. The number of rotatable bonds is 3. The van der Waals surface area contributed by atoms with Crippen molar-refractivity contribution >= 4 is 17.5 Å². The van der Waals surface area contributed by atoms with E-state index in [9.17, 15) is 9.59 Å². The molecule has 6 rings (SSSR count). The predicted molar refractivity (Wildman–Crippen MR) is 91.0 cm³/mol. The molecular formula is C20H22N2O2. The number of imide groups is 1. The van der Waals surface area contributed by atoms with Gasteiger partial charge in [-0.15, -0.1) is 0 Å². The first-order valence-corrected chi connectivity index (χ1v) is 8.91. The third-order valence-corrected chi connectivity index (χ3v) is 6.56. The summed E-state index contributed by atoms with van der Waals surface area (Å²) in [6.45, 7) is 4.38. The Morgan fingerprint density at radius 1 is 1.04 bits per heavy atom. The van der Waals surface area contributed by atoms with Crippen molar-refractivity contribution in [3.05, 3.63) is 41.5 Å². The lowest BCUT2D eigenvalue weighted by Crippen LogP contribution is -2.40. The van der Waals surface area contributed by atoms with Crippen LogP contribution in [0.25, 0.3) is 0 Å². The van der Waals surface area contributed by atoms with E-state index in [1.165, 1.54) is 16.9 Å². The zero-order valence-corrected chi connectivity index (χ0v) is 14.0. The number of aryl methyl sites for hydroxylation is 2. The van der Waals surface area contributed by atoms with Crippen LogP contribution in [0.5, 0.6) is 0 Å². The summed E-state index contributed by atoms with van der Waals surface area (Å²) in [5, 5.41) is 3.29. The Hall–Kier alpha value is -2.10. The summed E-state index contributed by atoms with van der Waals surface area (Å²) in [5.41, 5.74) is 3.33. The number of allylic oxidation sites excluding steroid dienone is 2. The maximum Gasteiger partial charge on any atom is 0.235 e. The van der Waals surface area contributed by atoms with Gasteiger partial charge < -0.3 is 5.32 Å². The lowest BCUT2D eigenvalue weighted by Gasteiger charge is -2.37. The first-order chi connectivity index (χ1) is 11.6. The van der Waals surface area contributed by atoms with Crippen LogP contribution in [-0.4, -0.2) is 23.4 Å². The molecule has 0 spiro atoms. The van der Waals surface area contributed by atoms with Crippen LogP contribution in [0.1, 0.15) is 17.5 Å². The zero-order valence-electron chi connectivity index (χ0n) is 14.0. The first-order valence-electron chi connectivity index (χ1n) is 8.91. The van der Waals surface area contributed by atoms with Gasteiger partial charge in [0, 0.05) is 5.69 Å². The van der Waals surface area contributed by atoms with Crippen LogP contribution in [-0.2, 0) is 9.59 Å². The summed E-state index contributed by atoms with van der Waals surface area (Å²) in [5.74, 6) is 1.78. The van der Waals surface area contributed by atoms with E-state index in [0.29, 0.717) is 23.7 Å². The number of anilines is 1. The Morgan fingerprint density at radius 3 is 2.25 bits per heavy atom. The molecule has 1 aromatic rings. The van der Waals surface area contributed by atoms with Gasteiger partial charge in [0.25, 0.3) is 0 Å². The van der Waals surface area contributed by atoms with Crippen molar-refractivity contribution in [1.29, 1.82) is 0 Å². The van der Waals surface area contributed by atoms with Gasteiger partial charge in [0.2, 0.25) is 11.8 Å². The van der Waals surface area contributed by atoms with Crippen LogP contribution < -0.4 is 5.32 Å². The van der Waals surface area contributed by atoms with Crippen LogP contribution >= 0.6 is 0 Å². The molecule has 4 heteroatoms. The number of hydrogen-bond acceptors (Lipinski definition) is 3. The van der Waals surface area contributed by atoms with E-state index < -0.39 is 0 Å². The van der Waals surface area contributed by atoms with Gasteiger partial charge in [-0.3, -0.25) is 14.5 Å². The fourth-order valence-corrected chi connectivity index (χ4v) is 5.35. The van der Waals surface area contributed by atoms with Gasteiger partial charge in [0.05, 0.1) is 18.5 Å². The van der Waals surface area contributed by atoms with Crippen molar-refractivity contribution in [2.24, 2.45) is 35.5 Å². The third kappa shape index (κ3) is 1.80. The fraction of sp³-hybridized carbons (Fsp3) is 0.500. The van der Waals surface area contributed by atoms with E-state index in [1.54, 1.807) is 0 Å². The molecule has 1 heterocycles. The molecule has 1 aliphatic heterocycles. The second-order valence-electron chi connectivity index (χ2n) is 7.91. The SMILES string of the molecule is Cc1ccc(NCN2C(=O)[C@@H]3[C@@H]4C=C[C@H]([C@@H]5C[C@@H]45)[C@H]3C2=O)c(C)c1. The molecule has 4 aliphatic carbocycles. The van der Waals surface area contributed by atoms with Gasteiger partial charge in [0.1, 0.15) is 0 Å². The largest absolute Gasteiger partial charge is 0.367 e. The molecule has 24 heavy (non-hydrogen) atoms. The highest BCUT2D eigenvalue weighted by molar-refractivity contribution is 6.06. The summed E-state index contributed by atoms with van der Waals surface area (Å²) in [6, 6.07) is 6.16. The molecule has 1 saturated heterocycles. The van der Waals surface area contributed by atoms with Gasteiger partial charge in [-0.2, -0.15) is 0 Å². The number of nitrogens with one attached hydrogen (secondary N) is 1. The minimum atomic E-state index is -0.0998. The number of amides is 2. The molecule has 124 valence electrons. The van der Waals surface area contributed by atoms with Gasteiger partial charge in [-0.25, -0.2) is 0 Å². The maximum absolute atomic E-state index is 12.9. The molecule has 3 fully saturated rings. The van der Waals surface area contributed by atoms with E-state index >= 15 is 0 Å². The van der Waals surface area contributed by atoms with E-state index in [-0.39, 0.29) is 30.3 Å². The second-order valence-corrected chi connectivity index (χ2v) is 7.91. The summed E-state index contributed by atoms with van der Waals surface area (Å²) in [7, 11) is 0. The molecule has 4 nitrogen and oxygen atoms in total. The smallest absolute Gasteiger partial charge is 0.235 e. The van der Waals surface area contributed by atoms with Crippen LogP contribution in [0.3, 0.4) is 0 Å². The van der Waals surface area contributed by atoms with E-state index in [4.69, 9.17) is 0 Å². The van der Waals surface area contributed by atoms with Gasteiger partial charge in [-0.1, -0.05) is 29.8 Å². The number of benzene rings is 1. The van der Waals surface area contributed by atoms with E-state index in [2.05, 4.69) is 30.5 Å². The Balaban J connectivity index is 1.37. The molecule has 1 aromatic carbocycles. The number of hydrogen-bond donors (Lipinski definition) is 1. The van der Waals surface area contributed by atoms with Crippen molar-refractivity contribution < 1.29 is 9.59 Å². The topological polar surface area (TPSA) is 49.4 Å². The van der Waals surface area contributed by atoms with Crippen LogP contribution in [0.2, 0.25) is 0 Å². The molecule has 0 unspecified atom stereocenters. The molecule has 0 radical (unpaired) electrons. The summed E-state index contributed by atoms with van der Waals surface area (Å²) in [4.78, 5) is 27.3. The van der Waals surface area contributed by atoms with Crippen LogP contribution in [0, 0.1) is 49.4 Å². The first kappa shape index (κ1) is 14.3. The number of likely N-dealkylation sites (tertiary alicyclic amines) is 1. The molecule has 2 saturated carbocycles. The van der Waals surface area contributed by atoms with Gasteiger partial charge in [-0.05, 0) is 55.6 Å². The highest BCUT2D eigenvalue weighted by Crippen LogP contribution is 2.65. The summed E-state index contributed by atoms with van der Waals surface area (Å²) < 4.78 is 0. The van der Waals surface area contributed by atoms with Crippen molar-refractivity contribution in [3.8, 4) is 0 Å². The van der Waals surface area contributed by atoms with E-state index in [0.717, 1.165) is 11.3 Å². The Labute approximate surface area is 141 Å². The lowest BCUT2D eigenvalue weighted by atomic mass is 9.63. The molecule has 2 bridgehead atoms. The monoisotopic (exact) mass is 322 g/mol. The Morgan fingerprint density at radius 2 is 1.67 bits per heavy atom. The average molecular weight is 322 g/mol. The quantitative estimate of drug-likeness (QED) is 0.688. The maximum atomic E-state index is 12.9. The lowest BCUT2D eigenvalue weighted by molar-refractivity contribution is -0.139. The molecule has 0 aromatic heterocycles. The average Bonchev–Trinajstić information content (AvgIpc) is 3.33. The predicted octanol–water partition coefficient (Wildman–Crippen LogP) is 2.73. The summed E-state index contributed by atoms with van der Waals surface area (Å²) in [6.07, 6.45) is 5.63. The minimum absolute atomic E-state index is 0.0342.